The number of anilines is 2. The van der Waals surface area contributed by atoms with Crippen molar-refractivity contribution in [3.05, 3.63) is 12.4 Å². The van der Waals surface area contributed by atoms with Crippen LogP contribution in [0.1, 0.15) is 13.8 Å². The fourth-order valence-electron chi connectivity index (χ4n) is 0.903. The molecule has 0 atom stereocenters. The molecule has 0 aliphatic rings. The third-order valence-electron chi connectivity index (χ3n) is 1.53. The summed E-state index contributed by atoms with van der Waals surface area (Å²) in [6.07, 6.45) is 3.38. The van der Waals surface area contributed by atoms with Gasteiger partial charge in [-0.05, 0) is 13.8 Å². The topological polar surface area (TPSA) is 73.1 Å². The van der Waals surface area contributed by atoms with Gasteiger partial charge in [0, 0.05) is 6.54 Å². The number of nitrogen functional groups attached to an aromatic ring is 1. The summed E-state index contributed by atoms with van der Waals surface area (Å²) in [7, 11) is 0. The molecule has 0 aliphatic heterocycles. The summed E-state index contributed by atoms with van der Waals surface area (Å²) in [5.74, 6) is 1.14. The molecule has 0 aromatic carbocycles. The molecule has 0 unspecified atom stereocenters. The first-order valence-corrected chi connectivity index (χ1v) is 4.61. The van der Waals surface area contributed by atoms with Gasteiger partial charge in [0.05, 0.1) is 25.1 Å². The fourth-order valence-corrected chi connectivity index (χ4v) is 0.903. The van der Waals surface area contributed by atoms with E-state index in [1.54, 1.807) is 6.20 Å². The van der Waals surface area contributed by atoms with E-state index < -0.39 is 0 Å². The summed E-state index contributed by atoms with van der Waals surface area (Å²) < 4.78 is 5.35. The molecule has 5 heteroatoms. The van der Waals surface area contributed by atoms with Crippen molar-refractivity contribution in [2.24, 2.45) is 0 Å². The molecule has 1 rings (SSSR count). The Morgan fingerprint density at radius 2 is 2.21 bits per heavy atom. The Bertz CT molecular complexity index is 260. The van der Waals surface area contributed by atoms with Gasteiger partial charge < -0.3 is 15.8 Å². The second-order valence-corrected chi connectivity index (χ2v) is 3.17. The van der Waals surface area contributed by atoms with Crippen LogP contribution in [0, 0.1) is 0 Å². The van der Waals surface area contributed by atoms with Crippen molar-refractivity contribution in [3.63, 3.8) is 0 Å². The third kappa shape index (κ3) is 4.04. The molecule has 0 aliphatic carbocycles. The van der Waals surface area contributed by atoms with Crippen molar-refractivity contribution in [2.75, 3.05) is 24.2 Å². The Morgan fingerprint density at radius 1 is 1.43 bits per heavy atom. The van der Waals surface area contributed by atoms with Gasteiger partial charge in [-0.1, -0.05) is 0 Å². The van der Waals surface area contributed by atoms with Gasteiger partial charge in [0.2, 0.25) is 0 Å². The molecule has 78 valence electrons. The van der Waals surface area contributed by atoms with Crippen LogP contribution in [0.5, 0.6) is 0 Å². The Hall–Kier alpha value is -1.36. The maximum atomic E-state index is 5.40. The Morgan fingerprint density at radius 3 is 2.79 bits per heavy atom. The van der Waals surface area contributed by atoms with Gasteiger partial charge in [-0.25, -0.2) is 9.97 Å². The highest BCUT2D eigenvalue weighted by molar-refractivity contribution is 5.35. The summed E-state index contributed by atoms with van der Waals surface area (Å²) in [6.45, 7) is 5.38. The molecular formula is C9H16N4O. The van der Waals surface area contributed by atoms with Crippen LogP contribution in [0.15, 0.2) is 12.4 Å². The molecule has 0 bridgehead atoms. The molecule has 1 heterocycles. The van der Waals surface area contributed by atoms with Gasteiger partial charge in [-0.2, -0.15) is 0 Å². The van der Waals surface area contributed by atoms with Crippen molar-refractivity contribution < 1.29 is 4.74 Å². The lowest BCUT2D eigenvalue weighted by Crippen LogP contribution is -2.13. The van der Waals surface area contributed by atoms with Crippen molar-refractivity contribution in [1.29, 1.82) is 0 Å². The minimum Gasteiger partial charge on any atom is -0.382 e. The molecule has 0 saturated carbocycles. The Balaban J connectivity index is 2.21. The van der Waals surface area contributed by atoms with Crippen molar-refractivity contribution in [2.45, 2.75) is 20.0 Å². The summed E-state index contributed by atoms with van der Waals surface area (Å²) in [5, 5.41) is 3.07. The second kappa shape index (κ2) is 5.39. The molecule has 1 aromatic heterocycles. The number of rotatable bonds is 5. The van der Waals surface area contributed by atoms with Crippen LogP contribution in [-0.2, 0) is 4.74 Å². The van der Waals surface area contributed by atoms with Crippen LogP contribution in [0.3, 0.4) is 0 Å². The number of hydrogen-bond donors (Lipinski definition) is 2. The standard InChI is InChI=1S/C9H16N4O/c1-7(2)14-4-3-11-9-6-12-8(10)5-13-9/h5-7H,3-4H2,1-2H3,(H2,10,12)(H,11,13). The lowest BCUT2D eigenvalue weighted by Gasteiger charge is -2.08. The van der Waals surface area contributed by atoms with Crippen LogP contribution in [0.2, 0.25) is 0 Å². The molecule has 0 saturated heterocycles. The van der Waals surface area contributed by atoms with E-state index in [9.17, 15) is 0 Å². The smallest absolute Gasteiger partial charge is 0.144 e. The predicted molar refractivity (Wildman–Crippen MR) is 56.0 cm³/mol. The number of nitrogens with two attached hydrogens (primary N) is 1. The van der Waals surface area contributed by atoms with Gasteiger partial charge in [0.15, 0.2) is 0 Å². The summed E-state index contributed by atoms with van der Waals surface area (Å²) >= 11 is 0. The van der Waals surface area contributed by atoms with Crippen LogP contribution in [0.4, 0.5) is 11.6 Å². The van der Waals surface area contributed by atoms with E-state index in [4.69, 9.17) is 10.5 Å². The number of ether oxygens (including phenoxy) is 1. The van der Waals surface area contributed by atoms with Gasteiger partial charge in [-0.15, -0.1) is 0 Å². The van der Waals surface area contributed by atoms with Gasteiger partial charge in [-0.3, -0.25) is 0 Å². The highest BCUT2D eigenvalue weighted by Gasteiger charge is 1.95. The number of nitrogens with one attached hydrogen (secondary N) is 1. The summed E-state index contributed by atoms with van der Waals surface area (Å²) in [5.41, 5.74) is 5.40. The first kappa shape index (κ1) is 10.7. The maximum absolute atomic E-state index is 5.40. The maximum Gasteiger partial charge on any atom is 0.144 e. The molecule has 0 radical (unpaired) electrons. The molecule has 0 amide bonds. The number of nitrogens with zero attached hydrogens (tertiary/aromatic N) is 2. The van der Waals surface area contributed by atoms with Crippen LogP contribution < -0.4 is 11.1 Å². The highest BCUT2D eigenvalue weighted by atomic mass is 16.5. The molecule has 14 heavy (non-hydrogen) atoms. The van der Waals surface area contributed by atoms with E-state index in [-0.39, 0.29) is 6.10 Å². The van der Waals surface area contributed by atoms with E-state index >= 15 is 0 Å². The number of hydrogen-bond acceptors (Lipinski definition) is 5. The lowest BCUT2D eigenvalue weighted by molar-refractivity contribution is 0.0870. The molecule has 0 fully saturated rings. The first-order chi connectivity index (χ1) is 6.68. The lowest BCUT2D eigenvalue weighted by atomic mass is 10.5. The van der Waals surface area contributed by atoms with E-state index in [1.165, 1.54) is 6.20 Å². The zero-order chi connectivity index (χ0) is 10.4. The molecular weight excluding hydrogens is 180 g/mol. The van der Waals surface area contributed by atoms with E-state index in [2.05, 4.69) is 15.3 Å². The highest BCUT2D eigenvalue weighted by Crippen LogP contribution is 2.00. The third-order valence-corrected chi connectivity index (χ3v) is 1.53. The van der Waals surface area contributed by atoms with Gasteiger partial charge in [0.1, 0.15) is 11.6 Å². The summed E-state index contributed by atoms with van der Waals surface area (Å²) in [6, 6.07) is 0. The SMILES string of the molecule is CC(C)OCCNc1cnc(N)cn1. The fraction of sp³-hybridized carbons (Fsp3) is 0.556. The first-order valence-electron chi connectivity index (χ1n) is 4.61. The summed E-state index contributed by atoms with van der Waals surface area (Å²) in [4.78, 5) is 7.95. The molecule has 5 nitrogen and oxygen atoms in total. The Kier molecular flexibility index (Phi) is 4.12. The van der Waals surface area contributed by atoms with Gasteiger partial charge >= 0.3 is 0 Å². The van der Waals surface area contributed by atoms with E-state index in [0.717, 1.165) is 6.54 Å². The van der Waals surface area contributed by atoms with Crippen molar-refractivity contribution in [1.82, 2.24) is 9.97 Å². The Labute approximate surface area is 83.7 Å². The molecule has 0 spiro atoms. The minimum atomic E-state index is 0.259. The quantitative estimate of drug-likeness (QED) is 0.684. The number of aromatic nitrogens is 2. The normalized spacial score (nSPS) is 10.5. The average Bonchev–Trinajstić information content (AvgIpc) is 2.15. The monoisotopic (exact) mass is 196 g/mol. The van der Waals surface area contributed by atoms with Crippen molar-refractivity contribution >= 4 is 11.6 Å². The van der Waals surface area contributed by atoms with Gasteiger partial charge in [0.25, 0.3) is 0 Å². The minimum absolute atomic E-state index is 0.259. The zero-order valence-corrected chi connectivity index (χ0v) is 8.53. The molecule has 1 aromatic rings. The van der Waals surface area contributed by atoms with E-state index in [0.29, 0.717) is 18.2 Å². The van der Waals surface area contributed by atoms with Crippen molar-refractivity contribution in [3.8, 4) is 0 Å². The second-order valence-electron chi connectivity index (χ2n) is 3.17. The molecule has 3 N–H and O–H groups in total. The predicted octanol–water partition coefficient (Wildman–Crippen LogP) is 0.896. The van der Waals surface area contributed by atoms with Crippen LogP contribution in [-0.4, -0.2) is 29.2 Å². The largest absolute Gasteiger partial charge is 0.382 e. The van der Waals surface area contributed by atoms with Crippen LogP contribution in [0.25, 0.3) is 0 Å². The zero-order valence-electron chi connectivity index (χ0n) is 8.53. The van der Waals surface area contributed by atoms with E-state index in [1.807, 2.05) is 13.8 Å². The van der Waals surface area contributed by atoms with Crippen LogP contribution >= 0.6 is 0 Å². The average molecular weight is 196 g/mol.